The second kappa shape index (κ2) is 6.98. The largest absolute Gasteiger partial charge is 0.493 e. The van der Waals surface area contributed by atoms with Gasteiger partial charge in [0, 0.05) is 11.3 Å². The van der Waals surface area contributed by atoms with Crippen molar-refractivity contribution in [2.45, 2.75) is 13.0 Å². The molecule has 5 rings (SSSR count). The number of aromatic nitrogens is 1. The van der Waals surface area contributed by atoms with Crippen LogP contribution in [0.5, 0.6) is 5.88 Å². The van der Waals surface area contributed by atoms with Crippen LogP contribution in [0.4, 0.5) is 5.69 Å². The molecule has 142 valence electrons. The van der Waals surface area contributed by atoms with Crippen molar-refractivity contribution in [1.82, 2.24) is 4.98 Å². The molecule has 2 aromatic carbocycles. The third-order valence-electron chi connectivity index (χ3n) is 5.14. The highest BCUT2D eigenvalue weighted by atomic mass is 16.3. The lowest BCUT2D eigenvalue weighted by atomic mass is 9.84. The van der Waals surface area contributed by atoms with Crippen molar-refractivity contribution >= 4 is 28.3 Å². The highest BCUT2D eigenvalue weighted by Gasteiger charge is 2.30. The fourth-order valence-corrected chi connectivity index (χ4v) is 3.74. The number of rotatable bonds is 2. The lowest BCUT2D eigenvalue weighted by Gasteiger charge is -2.27. The van der Waals surface area contributed by atoms with E-state index in [1.54, 1.807) is 0 Å². The minimum Gasteiger partial charge on any atom is -0.493 e. The summed E-state index contributed by atoms with van der Waals surface area (Å²) in [5.74, 6) is 0.350. The van der Waals surface area contributed by atoms with Crippen molar-refractivity contribution in [3.63, 3.8) is 0 Å². The topological polar surface area (TPSA) is 85.5 Å². The van der Waals surface area contributed by atoms with Crippen LogP contribution in [-0.2, 0) is 0 Å². The van der Waals surface area contributed by atoms with Crippen LogP contribution in [0, 0.1) is 5.92 Å². The van der Waals surface area contributed by atoms with Crippen molar-refractivity contribution in [2.75, 3.05) is 0 Å². The third kappa shape index (κ3) is 3.18. The Hall–Kier alpha value is -3.80. The van der Waals surface area contributed by atoms with Gasteiger partial charge in [-0.3, -0.25) is 0 Å². The number of aromatic amines is 1. The Morgan fingerprint density at radius 3 is 2.66 bits per heavy atom. The van der Waals surface area contributed by atoms with Crippen molar-refractivity contribution in [1.29, 1.82) is 0 Å². The molecular formula is C23H19N5O. The summed E-state index contributed by atoms with van der Waals surface area (Å²) in [6.07, 6.45) is 6.34. The summed E-state index contributed by atoms with van der Waals surface area (Å²) in [5, 5.41) is 19.5. The average molecular weight is 381 g/mol. The van der Waals surface area contributed by atoms with Gasteiger partial charge in [-0.25, -0.2) is 9.98 Å². The highest BCUT2D eigenvalue weighted by molar-refractivity contribution is 6.11. The standard InChI is InChI=1S/C23H19N5O/c1-14-11-12-19-17(13-14)20(15-7-3-2-4-8-15)26-23(25-19)28-27-21-16-9-5-6-10-18(16)24-22(21)29/h2-13,17,19,24,29H,1H3. The number of hydrogen-bond donors (Lipinski definition) is 2. The first kappa shape index (κ1) is 17.3. The van der Waals surface area contributed by atoms with Crippen LogP contribution < -0.4 is 0 Å². The molecule has 2 heterocycles. The first-order chi connectivity index (χ1) is 14.2. The maximum atomic E-state index is 10.2. The summed E-state index contributed by atoms with van der Waals surface area (Å²) in [4.78, 5) is 12.3. The predicted octanol–water partition coefficient (Wildman–Crippen LogP) is 5.32. The van der Waals surface area contributed by atoms with Gasteiger partial charge in [0.2, 0.25) is 5.88 Å². The van der Waals surface area contributed by atoms with Crippen LogP contribution in [-0.4, -0.2) is 27.8 Å². The summed E-state index contributed by atoms with van der Waals surface area (Å²) >= 11 is 0. The van der Waals surface area contributed by atoms with Gasteiger partial charge >= 0.3 is 0 Å². The van der Waals surface area contributed by atoms with Gasteiger partial charge in [-0.05, 0) is 18.6 Å². The molecule has 2 unspecified atom stereocenters. The van der Waals surface area contributed by atoms with E-state index in [9.17, 15) is 5.11 Å². The summed E-state index contributed by atoms with van der Waals surface area (Å²) in [7, 11) is 0. The predicted molar refractivity (Wildman–Crippen MR) is 115 cm³/mol. The maximum absolute atomic E-state index is 10.2. The van der Waals surface area contributed by atoms with Gasteiger partial charge in [-0.1, -0.05) is 72.3 Å². The molecule has 0 amide bonds. The van der Waals surface area contributed by atoms with Gasteiger partial charge in [0.1, 0.15) is 0 Å². The minimum atomic E-state index is -0.0723. The van der Waals surface area contributed by atoms with Crippen molar-refractivity contribution in [3.8, 4) is 5.88 Å². The monoisotopic (exact) mass is 381 g/mol. The number of azo groups is 1. The number of hydrogen-bond acceptors (Lipinski definition) is 5. The number of guanidine groups is 1. The molecule has 0 spiro atoms. The molecule has 1 aliphatic carbocycles. The molecule has 0 radical (unpaired) electrons. The van der Waals surface area contributed by atoms with Crippen molar-refractivity contribution < 1.29 is 5.11 Å². The van der Waals surface area contributed by atoms with Gasteiger partial charge in [0.25, 0.3) is 5.96 Å². The van der Waals surface area contributed by atoms with E-state index in [1.807, 2.05) is 54.6 Å². The smallest absolute Gasteiger partial charge is 0.265 e. The van der Waals surface area contributed by atoms with Gasteiger partial charge in [-0.2, -0.15) is 0 Å². The van der Waals surface area contributed by atoms with Gasteiger partial charge in [0.15, 0.2) is 5.69 Å². The molecule has 2 aliphatic rings. The summed E-state index contributed by atoms with van der Waals surface area (Å²) in [5.41, 5.74) is 4.34. The third-order valence-corrected chi connectivity index (χ3v) is 5.14. The number of nitrogens with one attached hydrogen (secondary N) is 1. The zero-order chi connectivity index (χ0) is 19.8. The normalized spacial score (nSPS) is 21.1. The van der Waals surface area contributed by atoms with E-state index in [-0.39, 0.29) is 17.8 Å². The molecule has 2 N–H and O–H groups in total. The van der Waals surface area contributed by atoms with Gasteiger partial charge < -0.3 is 10.1 Å². The van der Waals surface area contributed by atoms with Crippen LogP contribution in [0.2, 0.25) is 0 Å². The molecule has 1 aliphatic heterocycles. The molecule has 6 nitrogen and oxygen atoms in total. The number of fused-ring (bicyclic) bond motifs is 2. The zero-order valence-corrected chi connectivity index (χ0v) is 15.8. The number of allylic oxidation sites excluding steroid dienone is 2. The average Bonchev–Trinajstić information content (AvgIpc) is 3.07. The van der Waals surface area contributed by atoms with Crippen LogP contribution in [0.1, 0.15) is 12.5 Å². The highest BCUT2D eigenvalue weighted by Crippen LogP contribution is 2.35. The fourth-order valence-electron chi connectivity index (χ4n) is 3.74. The van der Waals surface area contributed by atoms with E-state index >= 15 is 0 Å². The second-order valence-corrected chi connectivity index (χ2v) is 7.15. The van der Waals surface area contributed by atoms with E-state index in [1.165, 1.54) is 5.57 Å². The quantitative estimate of drug-likeness (QED) is 0.579. The molecule has 0 fully saturated rings. The molecular weight excluding hydrogens is 362 g/mol. The van der Waals surface area contributed by atoms with Crippen LogP contribution >= 0.6 is 0 Å². The number of aromatic hydroxyl groups is 1. The van der Waals surface area contributed by atoms with E-state index in [0.29, 0.717) is 11.6 Å². The zero-order valence-electron chi connectivity index (χ0n) is 15.8. The van der Waals surface area contributed by atoms with Crippen molar-refractivity contribution in [3.05, 3.63) is 84.0 Å². The van der Waals surface area contributed by atoms with Crippen molar-refractivity contribution in [2.24, 2.45) is 26.1 Å². The number of aliphatic imine (C=N–C) groups is 2. The molecule has 0 saturated heterocycles. The van der Waals surface area contributed by atoms with E-state index in [4.69, 9.17) is 4.99 Å². The maximum Gasteiger partial charge on any atom is 0.265 e. The Bertz CT molecular complexity index is 1230. The summed E-state index contributed by atoms with van der Waals surface area (Å²) < 4.78 is 0. The van der Waals surface area contributed by atoms with E-state index in [2.05, 4.69) is 45.4 Å². The Labute approximate surface area is 167 Å². The molecule has 29 heavy (non-hydrogen) atoms. The number of para-hydroxylation sites is 1. The Morgan fingerprint density at radius 2 is 1.79 bits per heavy atom. The van der Waals surface area contributed by atoms with Gasteiger partial charge in [0.05, 0.1) is 17.3 Å². The Balaban J connectivity index is 1.56. The number of nitrogens with zero attached hydrogens (tertiary/aromatic N) is 4. The first-order valence-corrected chi connectivity index (χ1v) is 9.49. The van der Waals surface area contributed by atoms with Gasteiger partial charge in [-0.15, -0.1) is 10.2 Å². The van der Waals surface area contributed by atoms with E-state index in [0.717, 1.165) is 22.2 Å². The SMILES string of the molecule is CC1=CC2C(c3ccccc3)=NC(N=Nc3c(O)[nH]c4ccccc34)=NC2C=C1. The Morgan fingerprint density at radius 1 is 1.00 bits per heavy atom. The minimum absolute atomic E-state index is 0.0207. The lowest BCUT2D eigenvalue weighted by molar-refractivity contribution is 0.459. The summed E-state index contributed by atoms with van der Waals surface area (Å²) in [6, 6.07) is 17.6. The molecule has 1 aromatic heterocycles. The number of benzene rings is 2. The lowest BCUT2D eigenvalue weighted by Crippen LogP contribution is -2.31. The first-order valence-electron chi connectivity index (χ1n) is 9.49. The molecule has 6 heteroatoms. The molecule has 0 saturated carbocycles. The fraction of sp³-hybridized carbons (Fsp3) is 0.130. The van der Waals surface area contributed by atoms with Crippen LogP contribution in [0.25, 0.3) is 10.9 Å². The number of H-pyrrole nitrogens is 1. The van der Waals surface area contributed by atoms with Crippen LogP contribution in [0.15, 0.2) is 98.6 Å². The summed E-state index contributed by atoms with van der Waals surface area (Å²) in [6.45, 7) is 2.08. The molecule has 2 atom stereocenters. The Kier molecular flexibility index (Phi) is 4.17. The molecule has 3 aromatic rings. The van der Waals surface area contributed by atoms with Crippen LogP contribution in [0.3, 0.4) is 0 Å². The second-order valence-electron chi connectivity index (χ2n) is 7.15. The molecule has 0 bridgehead atoms. The van der Waals surface area contributed by atoms with E-state index < -0.39 is 0 Å².